The molecular weight excluding hydrogens is 306 g/mol. The maximum atomic E-state index is 11.4. The van der Waals surface area contributed by atoms with E-state index in [1.165, 1.54) is 0 Å². The van der Waals surface area contributed by atoms with Crippen molar-refractivity contribution in [1.29, 1.82) is 0 Å². The van der Waals surface area contributed by atoms with Crippen molar-refractivity contribution < 1.29 is 22.5 Å². The maximum Gasteiger partial charge on any atom is 0.331 e. The van der Waals surface area contributed by atoms with E-state index in [2.05, 4.69) is 4.90 Å². The lowest BCUT2D eigenvalue weighted by Crippen LogP contribution is -2.30. The fourth-order valence-electron chi connectivity index (χ4n) is 3.04. The number of fused-ring (bicyclic) bond motifs is 1. The summed E-state index contributed by atoms with van der Waals surface area (Å²) in [6.07, 6.45) is 2.16. The van der Waals surface area contributed by atoms with E-state index in [9.17, 15) is 18.3 Å². The Kier molecular flexibility index (Phi) is 3.80. The number of carbonyl (C=O) groups is 1. The van der Waals surface area contributed by atoms with Crippen molar-refractivity contribution in [2.75, 3.05) is 6.26 Å². The number of carboxylic acid groups (broad SMARTS) is 1. The summed E-state index contributed by atoms with van der Waals surface area (Å²) >= 11 is 0. The molecule has 0 radical (unpaired) electrons. The van der Waals surface area contributed by atoms with Crippen LogP contribution in [0.3, 0.4) is 0 Å². The first kappa shape index (κ1) is 15.2. The van der Waals surface area contributed by atoms with Crippen LogP contribution in [0.15, 0.2) is 42.0 Å². The second-order valence-corrected chi connectivity index (χ2v) is 7.28. The number of aliphatic carboxylic acids is 1. The average molecular weight is 323 g/mol. The summed E-state index contributed by atoms with van der Waals surface area (Å²) in [6, 6.07) is 9.61. The molecule has 1 aromatic carbocycles. The van der Waals surface area contributed by atoms with Crippen molar-refractivity contribution in [2.24, 2.45) is 0 Å². The van der Waals surface area contributed by atoms with Crippen LogP contribution in [-0.2, 0) is 25.6 Å². The Labute approximate surface area is 129 Å². The predicted octanol–water partition coefficient (Wildman–Crippen LogP) is 0.999. The molecule has 0 aromatic heterocycles. The van der Waals surface area contributed by atoms with E-state index in [0.29, 0.717) is 6.54 Å². The molecule has 1 N–H and O–H groups in total. The van der Waals surface area contributed by atoms with Gasteiger partial charge in [0.05, 0.1) is 18.4 Å². The van der Waals surface area contributed by atoms with Gasteiger partial charge in [-0.15, -0.1) is 0 Å². The van der Waals surface area contributed by atoms with Crippen molar-refractivity contribution in [1.82, 2.24) is 4.90 Å². The molecule has 1 aliphatic heterocycles. The molecule has 0 spiro atoms. The van der Waals surface area contributed by atoms with E-state index in [1.54, 1.807) is 6.08 Å². The van der Waals surface area contributed by atoms with Crippen molar-refractivity contribution >= 4 is 16.1 Å². The van der Waals surface area contributed by atoms with E-state index in [1.807, 2.05) is 30.3 Å². The molecule has 1 aliphatic carbocycles. The summed E-state index contributed by atoms with van der Waals surface area (Å²) in [7, 11) is -3.62. The summed E-state index contributed by atoms with van der Waals surface area (Å²) in [5.41, 5.74) is 1.31. The number of rotatable bonds is 5. The molecular formula is C15H17NO5S. The Bertz CT molecular complexity index is 713. The number of nitrogens with zero attached hydrogens (tertiary/aromatic N) is 1. The molecule has 4 atom stereocenters. The Morgan fingerprint density at radius 3 is 2.64 bits per heavy atom. The monoisotopic (exact) mass is 323 g/mol. The van der Waals surface area contributed by atoms with Gasteiger partial charge in [-0.05, 0) is 5.56 Å². The first-order valence-corrected chi connectivity index (χ1v) is 8.79. The molecule has 22 heavy (non-hydrogen) atoms. The van der Waals surface area contributed by atoms with Crippen LogP contribution in [0.1, 0.15) is 12.0 Å². The molecule has 118 valence electrons. The second kappa shape index (κ2) is 5.49. The standard InChI is InChI=1S/C15H17NO5S/c1-22(19,20)21-13-8-11(15(17)18)7-12-14(13)16(12)9-10-5-3-2-4-6-10/h2-7,12-14H,8-9H2,1H3,(H,17,18)/t12-,13-,14-,16?/m1/s1. The summed E-state index contributed by atoms with van der Waals surface area (Å²) in [5.74, 6) is -1.02. The first-order valence-electron chi connectivity index (χ1n) is 6.97. The molecule has 2 aliphatic rings. The van der Waals surface area contributed by atoms with Crippen LogP contribution in [0.4, 0.5) is 0 Å². The normalized spacial score (nSPS) is 30.3. The van der Waals surface area contributed by atoms with Gasteiger partial charge in [0.15, 0.2) is 0 Å². The van der Waals surface area contributed by atoms with Gasteiger partial charge in [0.1, 0.15) is 0 Å². The number of carboxylic acids is 1. The van der Waals surface area contributed by atoms with Gasteiger partial charge < -0.3 is 5.11 Å². The zero-order chi connectivity index (χ0) is 15.9. The molecule has 1 heterocycles. The molecule has 3 rings (SSSR count). The van der Waals surface area contributed by atoms with Gasteiger partial charge >= 0.3 is 5.97 Å². The molecule has 0 bridgehead atoms. The summed E-state index contributed by atoms with van der Waals surface area (Å²) in [4.78, 5) is 13.3. The third kappa shape index (κ3) is 3.21. The highest BCUT2D eigenvalue weighted by Crippen LogP contribution is 2.42. The zero-order valence-corrected chi connectivity index (χ0v) is 12.9. The van der Waals surface area contributed by atoms with Gasteiger partial charge in [0.2, 0.25) is 0 Å². The smallest absolute Gasteiger partial charge is 0.331 e. The summed E-state index contributed by atoms with van der Waals surface area (Å²) in [5, 5.41) is 9.17. The van der Waals surface area contributed by atoms with Crippen molar-refractivity contribution in [3.05, 3.63) is 47.5 Å². The molecule has 1 aromatic rings. The predicted molar refractivity (Wildman–Crippen MR) is 79.6 cm³/mol. The zero-order valence-electron chi connectivity index (χ0n) is 12.0. The molecule has 1 unspecified atom stereocenters. The van der Waals surface area contributed by atoms with Crippen molar-refractivity contribution in [3.63, 3.8) is 0 Å². The molecule has 0 amide bonds. The Balaban J connectivity index is 1.80. The van der Waals surface area contributed by atoms with Gasteiger partial charge in [0, 0.05) is 24.6 Å². The molecule has 6 nitrogen and oxygen atoms in total. The highest BCUT2D eigenvalue weighted by molar-refractivity contribution is 7.86. The van der Waals surface area contributed by atoms with Crippen LogP contribution in [-0.4, -0.2) is 48.8 Å². The van der Waals surface area contributed by atoms with Crippen molar-refractivity contribution in [2.45, 2.75) is 31.2 Å². The lowest BCUT2D eigenvalue weighted by Gasteiger charge is -2.18. The van der Waals surface area contributed by atoms with Gasteiger partial charge in [-0.2, -0.15) is 8.42 Å². The minimum absolute atomic E-state index is 0.0770. The molecule has 0 saturated carbocycles. The minimum Gasteiger partial charge on any atom is -0.478 e. The Morgan fingerprint density at radius 1 is 1.36 bits per heavy atom. The largest absolute Gasteiger partial charge is 0.478 e. The highest BCUT2D eigenvalue weighted by atomic mass is 32.2. The summed E-state index contributed by atoms with van der Waals surface area (Å²) in [6.45, 7) is 0.642. The lowest BCUT2D eigenvalue weighted by atomic mass is 9.97. The number of benzene rings is 1. The number of hydrogen-bond donors (Lipinski definition) is 1. The number of hydrogen-bond acceptors (Lipinski definition) is 5. The fourth-order valence-corrected chi connectivity index (χ4v) is 3.67. The first-order chi connectivity index (χ1) is 10.3. The van der Waals surface area contributed by atoms with Crippen LogP contribution < -0.4 is 0 Å². The Hall–Kier alpha value is -1.70. The second-order valence-electron chi connectivity index (χ2n) is 5.68. The van der Waals surface area contributed by atoms with Gasteiger partial charge in [0.25, 0.3) is 10.1 Å². The van der Waals surface area contributed by atoms with E-state index < -0.39 is 22.2 Å². The lowest BCUT2D eigenvalue weighted by molar-refractivity contribution is -0.133. The van der Waals surface area contributed by atoms with Crippen LogP contribution in [0.2, 0.25) is 0 Å². The van der Waals surface area contributed by atoms with Gasteiger partial charge in [-0.1, -0.05) is 36.4 Å². The quantitative estimate of drug-likeness (QED) is 0.643. The third-order valence-electron chi connectivity index (χ3n) is 3.98. The fraction of sp³-hybridized carbons (Fsp3) is 0.400. The Morgan fingerprint density at radius 2 is 2.05 bits per heavy atom. The minimum atomic E-state index is -3.62. The van der Waals surface area contributed by atoms with Gasteiger partial charge in [-0.25, -0.2) is 4.79 Å². The topological polar surface area (TPSA) is 83.7 Å². The molecule has 1 fully saturated rings. The van der Waals surface area contributed by atoms with Crippen LogP contribution in [0, 0.1) is 0 Å². The van der Waals surface area contributed by atoms with E-state index in [0.717, 1.165) is 11.8 Å². The van der Waals surface area contributed by atoms with Crippen LogP contribution >= 0.6 is 0 Å². The molecule has 1 saturated heterocycles. The SMILES string of the molecule is CS(=O)(=O)O[C@@H]1CC(C(=O)O)=C[C@@H]2[C@H]1N2Cc1ccccc1. The summed E-state index contributed by atoms with van der Waals surface area (Å²) < 4.78 is 27.9. The maximum absolute atomic E-state index is 11.4. The molecule has 7 heteroatoms. The van der Waals surface area contributed by atoms with Gasteiger partial charge in [-0.3, -0.25) is 9.08 Å². The van der Waals surface area contributed by atoms with E-state index >= 15 is 0 Å². The third-order valence-corrected chi connectivity index (χ3v) is 4.58. The van der Waals surface area contributed by atoms with Crippen LogP contribution in [0.5, 0.6) is 0 Å². The highest BCUT2D eigenvalue weighted by Gasteiger charge is 2.55. The average Bonchev–Trinajstić information content (AvgIpc) is 3.11. The van der Waals surface area contributed by atoms with Crippen molar-refractivity contribution in [3.8, 4) is 0 Å². The van der Waals surface area contributed by atoms with E-state index in [-0.39, 0.29) is 24.1 Å². The van der Waals surface area contributed by atoms with Crippen LogP contribution in [0.25, 0.3) is 0 Å². The van der Waals surface area contributed by atoms with E-state index in [4.69, 9.17) is 4.18 Å².